The molecule has 2 aromatic rings. The zero-order chi connectivity index (χ0) is 24.4. The highest BCUT2D eigenvalue weighted by atomic mass is 32.1. The number of thiophene rings is 1. The molecule has 1 aromatic carbocycles. The third-order valence-electron chi connectivity index (χ3n) is 6.28. The highest BCUT2D eigenvalue weighted by Gasteiger charge is 2.42. The Morgan fingerprint density at radius 1 is 1.24 bits per heavy atom. The lowest BCUT2D eigenvalue weighted by molar-refractivity contribution is -0.385. The van der Waals surface area contributed by atoms with E-state index in [1.54, 1.807) is 37.3 Å². The zero-order valence-electron chi connectivity index (χ0n) is 19.3. The molecule has 2 atom stereocenters. The molecule has 8 nitrogen and oxygen atoms in total. The SMILES string of the molecule is COCCOC(=O)C1=C(C)NC2=C(C(=O)C[C@H](c3cccs3)C2)[C@@H]1c1ccc(C)c([N+](=O)[O-])c1. The van der Waals surface area contributed by atoms with Crippen molar-refractivity contribution in [2.45, 2.75) is 38.5 Å². The molecule has 2 aliphatic rings. The van der Waals surface area contributed by atoms with Gasteiger partial charge in [-0.05, 0) is 37.3 Å². The number of allylic oxidation sites excluding steroid dienone is 3. The lowest BCUT2D eigenvalue weighted by Crippen LogP contribution is -2.36. The Hall–Kier alpha value is -3.30. The topological polar surface area (TPSA) is 108 Å². The maximum Gasteiger partial charge on any atom is 0.336 e. The van der Waals surface area contributed by atoms with Gasteiger partial charge in [-0.25, -0.2) is 4.79 Å². The van der Waals surface area contributed by atoms with Crippen molar-refractivity contribution in [3.05, 3.63) is 84.4 Å². The van der Waals surface area contributed by atoms with Crippen molar-refractivity contribution < 1.29 is 24.0 Å². The second-order valence-corrected chi connectivity index (χ2v) is 9.44. The van der Waals surface area contributed by atoms with E-state index in [0.717, 1.165) is 10.6 Å². The van der Waals surface area contributed by atoms with Crippen molar-refractivity contribution in [2.75, 3.05) is 20.3 Å². The van der Waals surface area contributed by atoms with Crippen molar-refractivity contribution in [3.63, 3.8) is 0 Å². The molecule has 178 valence electrons. The molecular weight excluding hydrogens is 456 g/mol. The summed E-state index contributed by atoms with van der Waals surface area (Å²) in [6, 6.07) is 8.86. The number of carbonyl (C=O) groups is 2. The molecular formula is C25H26N2O6S. The molecule has 1 aliphatic heterocycles. The molecule has 0 saturated carbocycles. The van der Waals surface area contributed by atoms with Crippen LogP contribution in [0.4, 0.5) is 5.69 Å². The minimum atomic E-state index is -0.748. The quantitative estimate of drug-likeness (QED) is 0.268. The van der Waals surface area contributed by atoms with Crippen LogP contribution in [0.1, 0.15) is 47.6 Å². The van der Waals surface area contributed by atoms with E-state index < -0.39 is 16.8 Å². The van der Waals surface area contributed by atoms with Gasteiger partial charge in [0.25, 0.3) is 5.69 Å². The number of carbonyl (C=O) groups excluding carboxylic acids is 2. The zero-order valence-corrected chi connectivity index (χ0v) is 20.1. The third kappa shape index (κ3) is 4.53. The molecule has 0 radical (unpaired) electrons. The Bertz CT molecular complexity index is 1200. The first-order valence-corrected chi connectivity index (χ1v) is 11.9. The summed E-state index contributed by atoms with van der Waals surface area (Å²) >= 11 is 1.62. The maximum atomic E-state index is 13.5. The van der Waals surface area contributed by atoms with E-state index >= 15 is 0 Å². The van der Waals surface area contributed by atoms with Gasteiger partial charge in [-0.2, -0.15) is 0 Å². The summed E-state index contributed by atoms with van der Waals surface area (Å²) in [6.45, 7) is 3.73. The predicted octanol–water partition coefficient (Wildman–Crippen LogP) is 4.52. The lowest BCUT2D eigenvalue weighted by atomic mass is 9.72. The molecule has 0 bridgehead atoms. The van der Waals surface area contributed by atoms with Crippen molar-refractivity contribution in [3.8, 4) is 0 Å². The van der Waals surface area contributed by atoms with Gasteiger partial charge in [-0.3, -0.25) is 14.9 Å². The Kier molecular flexibility index (Phi) is 6.95. The number of ether oxygens (including phenoxy) is 2. The summed E-state index contributed by atoms with van der Waals surface area (Å²) in [5.74, 6) is -1.35. The van der Waals surface area contributed by atoms with E-state index in [1.807, 2.05) is 17.5 Å². The number of esters is 1. The summed E-state index contributed by atoms with van der Waals surface area (Å²) in [5, 5.41) is 16.9. The molecule has 1 N–H and O–H groups in total. The lowest BCUT2D eigenvalue weighted by Gasteiger charge is -2.36. The highest BCUT2D eigenvalue weighted by Crippen LogP contribution is 2.46. The van der Waals surface area contributed by atoms with Crippen LogP contribution in [0.2, 0.25) is 0 Å². The van der Waals surface area contributed by atoms with E-state index in [2.05, 4.69) is 5.32 Å². The Morgan fingerprint density at radius 2 is 2.03 bits per heavy atom. The minimum absolute atomic E-state index is 0.0507. The van der Waals surface area contributed by atoms with Crippen LogP contribution in [-0.4, -0.2) is 37.0 Å². The molecule has 0 amide bonds. The van der Waals surface area contributed by atoms with Crippen molar-refractivity contribution in [1.82, 2.24) is 5.32 Å². The number of nitro benzene ring substituents is 1. The highest BCUT2D eigenvalue weighted by molar-refractivity contribution is 7.10. The predicted molar refractivity (Wildman–Crippen MR) is 128 cm³/mol. The standard InChI is InChI=1S/C25H26N2O6S/c1-14-6-7-16(12-19(14)27(30)31)23-22(25(29)33-9-8-32-3)15(2)26-18-11-17(13-20(28)24(18)23)21-5-4-10-34-21/h4-7,10,12,17,23,26H,8-9,11,13H2,1-3H3/t17-,23-/m1/s1. The summed E-state index contributed by atoms with van der Waals surface area (Å²) in [7, 11) is 1.51. The van der Waals surface area contributed by atoms with Gasteiger partial charge >= 0.3 is 5.97 Å². The van der Waals surface area contributed by atoms with Crippen LogP contribution in [0, 0.1) is 17.0 Å². The van der Waals surface area contributed by atoms with E-state index in [9.17, 15) is 19.7 Å². The van der Waals surface area contributed by atoms with E-state index in [0.29, 0.717) is 35.2 Å². The van der Waals surface area contributed by atoms with Crippen molar-refractivity contribution in [1.29, 1.82) is 0 Å². The van der Waals surface area contributed by atoms with Crippen LogP contribution >= 0.6 is 11.3 Å². The molecule has 0 fully saturated rings. The molecule has 1 aliphatic carbocycles. The largest absolute Gasteiger partial charge is 0.460 e. The van der Waals surface area contributed by atoms with Gasteiger partial charge in [0.05, 0.1) is 17.1 Å². The Balaban J connectivity index is 1.81. The molecule has 9 heteroatoms. The van der Waals surface area contributed by atoms with Crippen LogP contribution in [0.5, 0.6) is 0 Å². The van der Waals surface area contributed by atoms with E-state index in [4.69, 9.17) is 9.47 Å². The van der Waals surface area contributed by atoms with E-state index in [1.165, 1.54) is 13.2 Å². The molecule has 1 aromatic heterocycles. The first-order chi connectivity index (χ1) is 16.3. The fraction of sp³-hybridized carbons (Fsp3) is 0.360. The number of nitro groups is 1. The maximum absolute atomic E-state index is 13.5. The normalized spacial score (nSPS) is 20.1. The Labute approximate surface area is 201 Å². The van der Waals surface area contributed by atoms with Gasteiger partial charge in [0.2, 0.25) is 0 Å². The van der Waals surface area contributed by atoms with Crippen molar-refractivity contribution in [2.24, 2.45) is 0 Å². The number of aryl methyl sites for hydroxylation is 1. The first-order valence-electron chi connectivity index (χ1n) is 11.0. The second kappa shape index (κ2) is 9.90. The average Bonchev–Trinajstić information content (AvgIpc) is 3.33. The number of nitrogens with zero attached hydrogens (tertiary/aromatic N) is 1. The Morgan fingerprint density at radius 3 is 2.71 bits per heavy atom. The average molecular weight is 483 g/mol. The number of methoxy groups -OCH3 is 1. The summed E-state index contributed by atoms with van der Waals surface area (Å²) in [5.41, 5.74) is 3.08. The molecule has 0 saturated heterocycles. The molecule has 4 rings (SSSR count). The van der Waals surface area contributed by atoms with Gasteiger partial charge in [0.15, 0.2) is 5.78 Å². The van der Waals surface area contributed by atoms with Gasteiger partial charge in [0, 0.05) is 58.8 Å². The summed E-state index contributed by atoms with van der Waals surface area (Å²) < 4.78 is 10.4. The van der Waals surface area contributed by atoms with Crippen LogP contribution in [-0.2, 0) is 19.1 Å². The number of hydrogen-bond acceptors (Lipinski definition) is 8. The number of hydrogen-bond donors (Lipinski definition) is 1. The molecule has 2 heterocycles. The fourth-order valence-electron chi connectivity index (χ4n) is 4.67. The third-order valence-corrected chi connectivity index (χ3v) is 7.31. The number of dihydropyridines is 1. The number of nitrogens with one attached hydrogen (secondary N) is 1. The van der Waals surface area contributed by atoms with Gasteiger partial charge in [0.1, 0.15) is 6.61 Å². The molecule has 34 heavy (non-hydrogen) atoms. The number of Topliss-reactive ketones (excluding diaryl/α,β-unsaturated/α-hetero) is 1. The van der Waals surface area contributed by atoms with Crippen LogP contribution in [0.15, 0.2) is 58.3 Å². The first kappa shape index (κ1) is 23.8. The van der Waals surface area contributed by atoms with Gasteiger partial charge < -0.3 is 14.8 Å². The number of benzene rings is 1. The van der Waals surface area contributed by atoms with E-state index in [-0.39, 0.29) is 36.2 Å². The van der Waals surface area contributed by atoms with Crippen LogP contribution < -0.4 is 5.32 Å². The smallest absolute Gasteiger partial charge is 0.336 e. The van der Waals surface area contributed by atoms with Crippen LogP contribution in [0.25, 0.3) is 0 Å². The van der Waals surface area contributed by atoms with Crippen LogP contribution in [0.3, 0.4) is 0 Å². The number of rotatable bonds is 7. The molecule has 0 spiro atoms. The summed E-state index contributed by atoms with van der Waals surface area (Å²) in [4.78, 5) is 39.0. The monoisotopic (exact) mass is 482 g/mol. The fourth-order valence-corrected chi connectivity index (χ4v) is 5.50. The molecule has 0 unspecified atom stereocenters. The number of ketones is 1. The van der Waals surface area contributed by atoms with Gasteiger partial charge in [-0.15, -0.1) is 11.3 Å². The summed E-state index contributed by atoms with van der Waals surface area (Å²) in [6.07, 6.45) is 0.936. The minimum Gasteiger partial charge on any atom is -0.460 e. The van der Waals surface area contributed by atoms with Crippen molar-refractivity contribution >= 4 is 28.8 Å². The second-order valence-electron chi connectivity index (χ2n) is 8.46. The van der Waals surface area contributed by atoms with Gasteiger partial charge in [-0.1, -0.05) is 18.2 Å².